The van der Waals surface area contributed by atoms with Crippen LogP contribution in [0, 0.1) is 0 Å². The molecule has 0 aliphatic heterocycles. The van der Waals surface area contributed by atoms with E-state index in [4.69, 9.17) is 4.18 Å². The maximum absolute atomic E-state index is 11.9. The highest BCUT2D eigenvalue weighted by Gasteiger charge is 2.13. The molecular formula is C34H66NO3S+. The predicted molar refractivity (Wildman–Crippen MR) is 171 cm³/mol. The summed E-state index contributed by atoms with van der Waals surface area (Å²) in [5.41, 5.74) is 0. The standard InChI is InChI=1S/C18H30O3S.C16H36N/c1-2-3-4-5-6-7-8-9-10-14-17-21-22(19,20)18-15-12-11-13-16-18;1-5-7-8-9-10-11-12-13-14-15-16-17(3,4)6-2/h11-13,15-16H,2-10,14,17H2,1H3;5-16H2,1-4H3/q;+1. The summed E-state index contributed by atoms with van der Waals surface area (Å²) < 4.78 is 30.0. The number of nitrogens with zero attached hydrogens (tertiary/aromatic N) is 1. The maximum atomic E-state index is 11.9. The lowest BCUT2D eigenvalue weighted by molar-refractivity contribution is -0.888. The molecule has 0 saturated heterocycles. The lowest BCUT2D eigenvalue weighted by atomic mass is 10.1. The monoisotopic (exact) mass is 568 g/mol. The second kappa shape index (κ2) is 26.0. The van der Waals surface area contributed by atoms with Crippen molar-refractivity contribution in [2.24, 2.45) is 0 Å². The van der Waals surface area contributed by atoms with Crippen molar-refractivity contribution in [3.05, 3.63) is 30.3 Å². The van der Waals surface area contributed by atoms with Gasteiger partial charge in [-0.2, -0.15) is 8.42 Å². The Kier molecular flexibility index (Phi) is 25.4. The Morgan fingerprint density at radius 2 is 0.949 bits per heavy atom. The van der Waals surface area contributed by atoms with Gasteiger partial charge in [-0.15, -0.1) is 0 Å². The number of benzene rings is 1. The molecule has 0 atom stereocenters. The van der Waals surface area contributed by atoms with Gasteiger partial charge < -0.3 is 4.48 Å². The first-order valence-corrected chi connectivity index (χ1v) is 18.0. The SMILES string of the molecule is CCCCCCCCCCCCOS(=O)(=O)c1ccccc1.CCCCCCCCCCCC[N+](C)(C)CC. The first-order valence-electron chi connectivity index (χ1n) is 16.6. The molecule has 5 heteroatoms. The van der Waals surface area contributed by atoms with Crippen LogP contribution in [0.2, 0.25) is 0 Å². The van der Waals surface area contributed by atoms with E-state index in [1.165, 1.54) is 133 Å². The van der Waals surface area contributed by atoms with Crippen LogP contribution < -0.4 is 0 Å². The van der Waals surface area contributed by atoms with Crippen molar-refractivity contribution in [2.75, 3.05) is 33.8 Å². The van der Waals surface area contributed by atoms with Crippen LogP contribution in [0.15, 0.2) is 35.2 Å². The van der Waals surface area contributed by atoms with E-state index in [0.717, 1.165) is 12.8 Å². The van der Waals surface area contributed by atoms with Gasteiger partial charge in [-0.1, -0.05) is 141 Å². The fourth-order valence-electron chi connectivity index (χ4n) is 4.60. The maximum Gasteiger partial charge on any atom is 0.296 e. The van der Waals surface area contributed by atoms with E-state index in [0.29, 0.717) is 0 Å². The first-order chi connectivity index (χ1) is 18.8. The fourth-order valence-corrected chi connectivity index (χ4v) is 5.56. The molecule has 1 aromatic rings. The number of hydrogen-bond acceptors (Lipinski definition) is 3. The van der Waals surface area contributed by atoms with Crippen molar-refractivity contribution in [3.63, 3.8) is 0 Å². The molecule has 0 aliphatic rings. The quantitative estimate of drug-likeness (QED) is 0.0669. The molecular weight excluding hydrogens is 502 g/mol. The van der Waals surface area contributed by atoms with Gasteiger partial charge in [-0.3, -0.25) is 4.18 Å². The third kappa shape index (κ3) is 24.6. The van der Waals surface area contributed by atoms with Crippen LogP contribution in [-0.2, 0) is 14.3 Å². The second-order valence-corrected chi connectivity index (χ2v) is 13.5. The lowest BCUT2D eigenvalue weighted by Gasteiger charge is -2.28. The third-order valence-electron chi connectivity index (χ3n) is 7.74. The Hall–Kier alpha value is -0.910. The van der Waals surface area contributed by atoms with Crippen LogP contribution in [0.5, 0.6) is 0 Å². The Bertz CT molecular complexity index is 734. The molecule has 230 valence electrons. The minimum absolute atomic E-state index is 0.238. The highest BCUT2D eigenvalue weighted by Crippen LogP contribution is 2.14. The smallest absolute Gasteiger partial charge is 0.296 e. The Labute approximate surface area is 245 Å². The number of rotatable bonds is 25. The molecule has 0 spiro atoms. The summed E-state index contributed by atoms with van der Waals surface area (Å²) in [7, 11) is 1.11. The van der Waals surface area contributed by atoms with Gasteiger partial charge in [0.05, 0.1) is 38.7 Å². The average Bonchev–Trinajstić information content (AvgIpc) is 2.93. The van der Waals surface area contributed by atoms with Crippen LogP contribution in [0.25, 0.3) is 0 Å². The molecule has 0 N–H and O–H groups in total. The van der Waals surface area contributed by atoms with Crippen molar-refractivity contribution < 1.29 is 17.1 Å². The van der Waals surface area contributed by atoms with Crippen LogP contribution >= 0.6 is 0 Å². The second-order valence-electron chi connectivity index (χ2n) is 11.9. The summed E-state index contributed by atoms with van der Waals surface area (Å²) >= 11 is 0. The minimum Gasteiger partial charge on any atom is -0.329 e. The first kappa shape index (κ1) is 38.1. The molecule has 0 bridgehead atoms. The van der Waals surface area contributed by atoms with E-state index in [9.17, 15) is 8.42 Å². The molecule has 0 aliphatic carbocycles. The largest absolute Gasteiger partial charge is 0.329 e. The van der Waals surface area contributed by atoms with Gasteiger partial charge in [0.15, 0.2) is 0 Å². The number of hydrogen-bond donors (Lipinski definition) is 0. The third-order valence-corrected chi connectivity index (χ3v) is 9.07. The molecule has 0 amide bonds. The van der Waals surface area contributed by atoms with Crippen molar-refractivity contribution in [2.45, 2.75) is 154 Å². The van der Waals surface area contributed by atoms with Gasteiger partial charge in [0.2, 0.25) is 0 Å². The molecule has 0 heterocycles. The van der Waals surface area contributed by atoms with Gasteiger partial charge in [0, 0.05) is 0 Å². The Morgan fingerprint density at radius 3 is 1.36 bits per heavy atom. The molecule has 1 rings (SSSR count). The Balaban J connectivity index is 0.000000768. The molecule has 0 fully saturated rings. The highest BCUT2D eigenvalue weighted by atomic mass is 32.2. The zero-order valence-corrected chi connectivity index (χ0v) is 27.5. The zero-order valence-electron chi connectivity index (χ0n) is 26.7. The number of unbranched alkanes of at least 4 members (excludes halogenated alkanes) is 18. The van der Waals surface area contributed by atoms with Crippen LogP contribution in [0.1, 0.15) is 149 Å². The predicted octanol–water partition coefficient (Wildman–Crippen LogP) is 10.3. The lowest BCUT2D eigenvalue weighted by Crippen LogP contribution is -2.39. The van der Waals surface area contributed by atoms with Crippen LogP contribution in [0.3, 0.4) is 0 Å². The summed E-state index contributed by atoms with van der Waals surface area (Å²) in [6.07, 6.45) is 26.7. The topological polar surface area (TPSA) is 43.4 Å². The van der Waals surface area contributed by atoms with Crippen LogP contribution in [0.4, 0.5) is 0 Å². The van der Waals surface area contributed by atoms with Crippen molar-refractivity contribution in [1.29, 1.82) is 0 Å². The number of quaternary nitrogens is 1. The van der Waals surface area contributed by atoms with Gasteiger partial charge in [0.1, 0.15) is 0 Å². The highest BCUT2D eigenvalue weighted by molar-refractivity contribution is 7.86. The molecule has 0 saturated carbocycles. The van der Waals surface area contributed by atoms with Gasteiger partial charge in [0.25, 0.3) is 10.1 Å². The summed E-state index contributed by atoms with van der Waals surface area (Å²) in [6, 6.07) is 8.33. The van der Waals surface area contributed by atoms with Crippen molar-refractivity contribution >= 4 is 10.1 Å². The van der Waals surface area contributed by atoms with Crippen LogP contribution in [-0.4, -0.2) is 46.7 Å². The summed E-state index contributed by atoms with van der Waals surface area (Å²) in [5, 5.41) is 0. The Morgan fingerprint density at radius 1 is 0.564 bits per heavy atom. The van der Waals surface area contributed by atoms with E-state index in [1.54, 1.807) is 30.3 Å². The van der Waals surface area contributed by atoms with Gasteiger partial charge >= 0.3 is 0 Å². The molecule has 4 nitrogen and oxygen atoms in total. The normalized spacial score (nSPS) is 11.8. The minimum atomic E-state index is -3.57. The molecule has 0 radical (unpaired) electrons. The zero-order chi connectivity index (χ0) is 29.1. The van der Waals surface area contributed by atoms with Crippen molar-refractivity contribution in [3.8, 4) is 0 Å². The van der Waals surface area contributed by atoms with Gasteiger partial charge in [-0.25, -0.2) is 0 Å². The molecule has 0 aromatic heterocycles. The van der Waals surface area contributed by atoms with Gasteiger partial charge in [-0.05, 0) is 38.3 Å². The average molecular weight is 569 g/mol. The van der Waals surface area contributed by atoms with E-state index in [-0.39, 0.29) is 11.5 Å². The molecule has 1 aromatic carbocycles. The molecule has 39 heavy (non-hydrogen) atoms. The molecule has 0 unspecified atom stereocenters. The summed E-state index contributed by atoms with van der Waals surface area (Å²) in [5.74, 6) is 0. The van der Waals surface area contributed by atoms with E-state index >= 15 is 0 Å². The summed E-state index contributed by atoms with van der Waals surface area (Å²) in [4.78, 5) is 0.238. The van der Waals surface area contributed by atoms with E-state index in [1.807, 2.05) is 0 Å². The van der Waals surface area contributed by atoms with E-state index in [2.05, 4.69) is 34.9 Å². The van der Waals surface area contributed by atoms with E-state index < -0.39 is 10.1 Å². The van der Waals surface area contributed by atoms with Crippen molar-refractivity contribution in [1.82, 2.24) is 0 Å². The summed E-state index contributed by atoms with van der Waals surface area (Å²) in [6.45, 7) is 9.71. The fraction of sp³-hybridized carbons (Fsp3) is 0.824.